The molecule has 4 rings (SSSR count). The Balaban J connectivity index is 1.48. The third-order valence-corrected chi connectivity index (χ3v) is 5.71. The van der Waals surface area contributed by atoms with Crippen LogP contribution >= 0.6 is 23.2 Å². The molecule has 0 bridgehead atoms. The molecule has 1 amide bonds. The minimum atomic E-state index is -0.105. The summed E-state index contributed by atoms with van der Waals surface area (Å²) >= 11 is 12.8. The zero-order valence-electron chi connectivity index (χ0n) is 15.9. The molecule has 1 aromatic carbocycles. The van der Waals surface area contributed by atoms with Crippen LogP contribution in [0, 0.1) is 6.92 Å². The molecule has 150 valence electrons. The van der Waals surface area contributed by atoms with Crippen molar-refractivity contribution in [1.29, 1.82) is 0 Å². The van der Waals surface area contributed by atoms with Crippen molar-refractivity contribution in [3.63, 3.8) is 0 Å². The number of carbonyl (C=O) groups excluding carboxylic acids is 1. The van der Waals surface area contributed by atoms with Crippen LogP contribution in [0.2, 0.25) is 10.2 Å². The minimum Gasteiger partial charge on any atom is -0.337 e. The summed E-state index contributed by atoms with van der Waals surface area (Å²) in [5, 5.41) is 5.45. The molecular weight excluding hydrogens is 411 g/mol. The molecule has 0 saturated carbocycles. The van der Waals surface area contributed by atoms with Gasteiger partial charge in [0.2, 0.25) is 5.95 Å². The lowest BCUT2D eigenvalue weighted by Crippen LogP contribution is -2.49. The molecule has 0 N–H and O–H groups in total. The molecule has 3 heterocycles. The predicted molar refractivity (Wildman–Crippen MR) is 113 cm³/mol. The number of amides is 1. The van der Waals surface area contributed by atoms with Crippen LogP contribution in [0.25, 0.3) is 0 Å². The number of aryl methyl sites for hydroxylation is 1. The number of anilines is 1. The second-order valence-corrected chi connectivity index (χ2v) is 7.59. The maximum absolute atomic E-state index is 13.1. The first-order chi connectivity index (χ1) is 14.0. The molecule has 1 saturated heterocycles. The SMILES string of the molecule is Cc1nn(Cc2ccccc2Cl)c(Cl)c1C(=O)N1CCN(c2ncccn2)CC1. The number of nitrogens with zero attached hydrogens (tertiary/aromatic N) is 6. The zero-order chi connectivity index (χ0) is 20.4. The fourth-order valence-electron chi connectivity index (χ4n) is 3.41. The van der Waals surface area contributed by atoms with E-state index in [1.54, 1.807) is 35.0 Å². The smallest absolute Gasteiger partial charge is 0.259 e. The van der Waals surface area contributed by atoms with E-state index in [0.717, 1.165) is 5.56 Å². The van der Waals surface area contributed by atoms with Gasteiger partial charge in [-0.25, -0.2) is 14.6 Å². The first-order valence-corrected chi connectivity index (χ1v) is 10.1. The van der Waals surface area contributed by atoms with Crippen LogP contribution in [0.3, 0.4) is 0 Å². The molecule has 7 nitrogen and oxygen atoms in total. The summed E-state index contributed by atoms with van der Waals surface area (Å²) in [6, 6.07) is 9.31. The Kier molecular flexibility index (Phi) is 5.69. The summed E-state index contributed by atoms with van der Waals surface area (Å²) in [6.45, 7) is 4.69. The number of hydrogen-bond donors (Lipinski definition) is 0. The van der Waals surface area contributed by atoms with Crippen LogP contribution < -0.4 is 4.90 Å². The highest BCUT2D eigenvalue weighted by molar-refractivity contribution is 6.33. The summed E-state index contributed by atoms with van der Waals surface area (Å²) in [4.78, 5) is 25.5. The van der Waals surface area contributed by atoms with Crippen molar-refractivity contribution in [3.8, 4) is 0 Å². The van der Waals surface area contributed by atoms with Crippen molar-refractivity contribution in [3.05, 3.63) is 69.7 Å². The third kappa shape index (κ3) is 4.06. The molecule has 0 spiro atoms. The molecule has 29 heavy (non-hydrogen) atoms. The predicted octanol–water partition coefficient (Wildman–Crippen LogP) is 3.30. The summed E-state index contributed by atoms with van der Waals surface area (Å²) in [5.74, 6) is 0.577. The van der Waals surface area contributed by atoms with E-state index >= 15 is 0 Å². The molecule has 1 aliphatic rings. The van der Waals surface area contributed by atoms with E-state index in [1.807, 2.05) is 24.3 Å². The third-order valence-electron chi connectivity index (χ3n) is 4.96. The molecule has 9 heteroatoms. The summed E-state index contributed by atoms with van der Waals surface area (Å²) in [5.41, 5.74) is 1.96. The number of hydrogen-bond acceptors (Lipinski definition) is 5. The van der Waals surface area contributed by atoms with E-state index in [2.05, 4.69) is 20.0 Å². The Morgan fingerprint density at radius 1 is 1.03 bits per heavy atom. The van der Waals surface area contributed by atoms with Crippen molar-refractivity contribution in [1.82, 2.24) is 24.6 Å². The average Bonchev–Trinajstić information content (AvgIpc) is 3.03. The fourth-order valence-corrected chi connectivity index (χ4v) is 3.92. The lowest BCUT2D eigenvalue weighted by molar-refractivity contribution is 0.0745. The van der Waals surface area contributed by atoms with Gasteiger partial charge in [0, 0.05) is 43.6 Å². The molecule has 3 aromatic rings. The summed E-state index contributed by atoms with van der Waals surface area (Å²) < 4.78 is 1.62. The largest absolute Gasteiger partial charge is 0.337 e. The van der Waals surface area contributed by atoms with E-state index in [0.29, 0.717) is 60.1 Å². The van der Waals surface area contributed by atoms with Crippen molar-refractivity contribution in [2.45, 2.75) is 13.5 Å². The Bertz CT molecular complexity index is 1020. The van der Waals surface area contributed by atoms with Gasteiger partial charge in [-0.2, -0.15) is 5.10 Å². The van der Waals surface area contributed by atoms with Crippen LogP contribution in [0.5, 0.6) is 0 Å². The minimum absolute atomic E-state index is 0.105. The van der Waals surface area contributed by atoms with Crippen LogP contribution in [-0.4, -0.2) is 56.7 Å². The molecule has 0 radical (unpaired) electrons. The van der Waals surface area contributed by atoms with E-state index in [1.165, 1.54) is 0 Å². The molecule has 1 fully saturated rings. The van der Waals surface area contributed by atoms with Gasteiger partial charge in [-0.05, 0) is 24.6 Å². The van der Waals surface area contributed by atoms with Crippen molar-refractivity contribution >= 4 is 35.1 Å². The maximum atomic E-state index is 13.1. The first kappa shape index (κ1) is 19.7. The lowest BCUT2D eigenvalue weighted by atomic mass is 10.2. The second-order valence-electron chi connectivity index (χ2n) is 6.83. The van der Waals surface area contributed by atoms with Crippen LogP contribution in [0.1, 0.15) is 21.6 Å². The van der Waals surface area contributed by atoms with Crippen LogP contribution in [-0.2, 0) is 6.54 Å². The summed E-state index contributed by atoms with van der Waals surface area (Å²) in [7, 11) is 0. The maximum Gasteiger partial charge on any atom is 0.259 e. The van der Waals surface area contributed by atoms with E-state index in [9.17, 15) is 4.79 Å². The van der Waals surface area contributed by atoms with Crippen LogP contribution in [0.4, 0.5) is 5.95 Å². The van der Waals surface area contributed by atoms with Crippen molar-refractivity contribution in [2.75, 3.05) is 31.1 Å². The molecule has 0 unspecified atom stereocenters. The number of rotatable bonds is 4. The number of benzene rings is 1. The number of halogens is 2. The Morgan fingerprint density at radius 3 is 2.41 bits per heavy atom. The molecule has 2 aromatic heterocycles. The van der Waals surface area contributed by atoms with E-state index in [-0.39, 0.29) is 5.91 Å². The Labute approximate surface area is 178 Å². The van der Waals surface area contributed by atoms with Gasteiger partial charge in [0.1, 0.15) is 5.15 Å². The van der Waals surface area contributed by atoms with Crippen molar-refractivity contribution < 1.29 is 4.79 Å². The van der Waals surface area contributed by atoms with Crippen molar-refractivity contribution in [2.24, 2.45) is 0 Å². The molecule has 0 atom stereocenters. The van der Waals surface area contributed by atoms with Gasteiger partial charge >= 0.3 is 0 Å². The topological polar surface area (TPSA) is 67.2 Å². The van der Waals surface area contributed by atoms with Gasteiger partial charge < -0.3 is 9.80 Å². The number of carbonyl (C=O) groups is 1. The highest BCUT2D eigenvalue weighted by Gasteiger charge is 2.28. The highest BCUT2D eigenvalue weighted by atomic mass is 35.5. The number of aromatic nitrogens is 4. The standard InChI is InChI=1S/C20H20Cl2N6O/c1-14-17(18(22)28(25-14)13-15-5-2-3-6-16(15)21)19(29)26-9-11-27(12-10-26)20-23-7-4-8-24-20/h2-8H,9-13H2,1H3. The normalized spacial score (nSPS) is 14.3. The van der Waals surface area contributed by atoms with Crippen LogP contribution in [0.15, 0.2) is 42.7 Å². The van der Waals surface area contributed by atoms with E-state index in [4.69, 9.17) is 23.2 Å². The quantitative estimate of drug-likeness (QED) is 0.634. The highest BCUT2D eigenvalue weighted by Crippen LogP contribution is 2.25. The second kappa shape index (κ2) is 8.39. The number of piperazine rings is 1. The van der Waals surface area contributed by atoms with Gasteiger partial charge in [-0.3, -0.25) is 4.79 Å². The van der Waals surface area contributed by atoms with Gasteiger partial charge in [0.05, 0.1) is 17.8 Å². The van der Waals surface area contributed by atoms with E-state index < -0.39 is 0 Å². The van der Waals surface area contributed by atoms with Gasteiger partial charge in [-0.15, -0.1) is 0 Å². The lowest BCUT2D eigenvalue weighted by Gasteiger charge is -2.34. The molecule has 0 aliphatic carbocycles. The monoisotopic (exact) mass is 430 g/mol. The molecule has 1 aliphatic heterocycles. The van der Waals surface area contributed by atoms with Gasteiger partial charge in [-0.1, -0.05) is 41.4 Å². The zero-order valence-corrected chi connectivity index (χ0v) is 17.4. The van der Waals surface area contributed by atoms with Gasteiger partial charge in [0.25, 0.3) is 5.91 Å². The first-order valence-electron chi connectivity index (χ1n) is 9.32. The molecular formula is C20H20Cl2N6O. The average molecular weight is 431 g/mol. The Morgan fingerprint density at radius 2 is 1.72 bits per heavy atom. The van der Waals surface area contributed by atoms with Gasteiger partial charge in [0.15, 0.2) is 0 Å². The summed E-state index contributed by atoms with van der Waals surface area (Å²) in [6.07, 6.45) is 3.44. The Hall–Kier alpha value is -2.64. The fraction of sp³-hybridized carbons (Fsp3) is 0.300.